The molecule has 1 aromatic heterocycles. The number of aromatic carboxylic acids is 1. The van der Waals surface area contributed by atoms with Crippen LogP contribution in [0.3, 0.4) is 0 Å². The largest absolute Gasteiger partial charge is 0.545 e. The molecular weight excluding hydrogens is 312 g/mol. The molecule has 0 aliphatic rings. The maximum Gasteiger partial charge on any atom is 0.345 e. The molecule has 3 rings (SSSR count). The number of carboxylic acids is 1. The number of benzene rings is 2. The van der Waals surface area contributed by atoms with E-state index in [4.69, 9.17) is 4.42 Å². The second-order valence-corrected chi connectivity index (χ2v) is 4.91. The smallest absolute Gasteiger partial charge is 0.345 e. The molecule has 0 unspecified atom stereocenters. The molecule has 0 aliphatic carbocycles. The molecule has 0 saturated carbocycles. The van der Waals surface area contributed by atoms with Crippen LogP contribution in [0.1, 0.15) is 10.4 Å². The van der Waals surface area contributed by atoms with Crippen molar-refractivity contribution in [1.29, 1.82) is 0 Å². The van der Waals surface area contributed by atoms with Crippen LogP contribution >= 0.6 is 15.9 Å². The summed E-state index contributed by atoms with van der Waals surface area (Å²) >= 11 is 3.42. The Morgan fingerprint density at radius 1 is 1.16 bits per heavy atom. The second-order valence-electron chi connectivity index (χ2n) is 4.06. The first-order valence-corrected chi connectivity index (χ1v) is 6.23. The summed E-state index contributed by atoms with van der Waals surface area (Å²) in [4.78, 5) is 22.4. The zero-order valence-corrected chi connectivity index (χ0v) is 11.1. The van der Waals surface area contributed by atoms with Crippen molar-refractivity contribution in [2.45, 2.75) is 0 Å². The molecular formula is C14H6BrO4-. The zero-order valence-electron chi connectivity index (χ0n) is 9.48. The summed E-state index contributed by atoms with van der Waals surface area (Å²) in [5, 5.41) is 13.0. The molecule has 0 atom stereocenters. The molecule has 0 saturated heterocycles. The quantitative estimate of drug-likeness (QED) is 0.509. The van der Waals surface area contributed by atoms with Crippen molar-refractivity contribution >= 4 is 43.6 Å². The van der Waals surface area contributed by atoms with Crippen molar-refractivity contribution in [3.63, 3.8) is 0 Å². The van der Waals surface area contributed by atoms with Crippen LogP contribution in [0.15, 0.2) is 50.1 Å². The van der Waals surface area contributed by atoms with Gasteiger partial charge < -0.3 is 14.3 Å². The van der Waals surface area contributed by atoms with Gasteiger partial charge in [-0.1, -0.05) is 40.2 Å². The van der Waals surface area contributed by atoms with Gasteiger partial charge in [-0.25, -0.2) is 4.79 Å². The maximum atomic E-state index is 11.6. The van der Waals surface area contributed by atoms with Gasteiger partial charge in [0.1, 0.15) is 5.58 Å². The first-order chi connectivity index (χ1) is 9.08. The van der Waals surface area contributed by atoms with E-state index in [9.17, 15) is 14.7 Å². The summed E-state index contributed by atoms with van der Waals surface area (Å²) in [6, 6.07) is 10.4. The lowest BCUT2D eigenvalue weighted by Gasteiger charge is -2.07. The van der Waals surface area contributed by atoms with E-state index < -0.39 is 17.2 Å². The Balaban J connectivity index is 2.54. The molecule has 94 valence electrons. The molecule has 0 fully saturated rings. The van der Waals surface area contributed by atoms with Gasteiger partial charge in [0.25, 0.3) is 0 Å². The average molecular weight is 318 g/mol. The minimum absolute atomic E-state index is 0.369. The van der Waals surface area contributed by atoms with Crippen molar-refractivity contribution in [2.75, 3.05) is 0 Å². The molecule has 5 heteroatoms. The molecule has 0 aliphatic heterocycles. The predicted molar refractivity (Wildman–Crippen MR) is 72.0 cm³/mol. The van der Waals surface area contributed by atoms with Crippen molar-refractivity contribution in [3.8, 4) is 0 Å². The van der Waals surface area contributed by atoms with Gasteiger partial charge in [-0.2, -0.15) is 0 Å². The summed E-state index contributed by atoms with van der Waals surface area (Å²) in [7, 11) is 0. The Bertz CT molecular complexity index is 880. The van der Waals surface area contributed by atoms with Gasteiger partial charge in [0.05, 0.1) is 11.5 Å². The molecule has 2 aromatic carbocycles. The SMILES string of the molecule is O=C([O-])c1cc2cc(Br)c3ccccc3c2oc1=O. The van der Waals surface area contributed by atoms with E-state index in [1.54, 1.807) is 6.07 Å². The van der Waals surface area contributed by atoms with Gasteiger partial charge in [-0.05, 0) is 17.5 Å². The highest BCUT2D eigenvalue weighted by Gasteiger charge is 2.11. The van der Waals surface area contributed by atoms with Crippen LogP contribution in [0.2, 0.25) is 0 Å². The van der Waals surface area contributed by atoms with Gasteiger partial charge in [0.15, 0.2) is 0 Å². The summed E-state index contributed by atoms with van der Waals surface area (Å²) in [6.07, 6.45) is 0. The fourth-order valence-electron chi connectivity index (χ4n) is 2.05. The van der Waals surface area contributed by atoms with E-state index in [1.165, 1.54) is 6.07 Å². The van der Waals surface area contributed by atoms with Crippen LogP contribution in [0.5, 0.6) is 0 Å². The lowest BCUT2D eigenvalue weighted by Crippen LogP contribution is -2.28. The number of hydrogen-bond donors (Lipinski definition) is 0. The number of carbonyl (C=O) groups excluding carboxylic acids is 1. The predicted octanol–water partition coefficient (Wildman–Crippen LogP) is 2.07. The van der Waals surface area contributed by atoms with Gasteiger partial charge in [0.2, 0.25) is 0 Å². The van der Waals surface area contributed by atoms with E-state index in [2.05, 4.69) is 15.9 Å². The van der Waals surface area contributed by atoms with Gasteiger partial charge in [-0.15, -0.1) is 0 Å². The van der Waals surface area contributed by atoms with E-state index in [0.717, 1.165) is 15.2 Å². The third-order valence-electron chi connectivity index (χ3n) is 2.91. The Labute approximate surface area is 115 Å². The minimum atomic E-state index is -1.54. The number of fused-ring (bicyclic) bond motifs is 3. The minimum Gasteiger partial charge on any atom is -0.545 e. The fraction of sp³-hybridized carbons (Fsp3) is 0. The van der Waals surface area contributed by atoms with Gasteiger partial charge in [0, 0.05) is 15.2 Å². The van der Waals surface area contributed by atoms with Crippen molar-refractivity contribution in [1.82, 2.24) is 0 Å². The summed E-state index contributed by atoms with van der Waals surface area (Å²) in [6.45, 7) is 0. The Morgan fingerprint density at radius 2 is 1.84 bits per heavy atom. The number of carbonyl (C=O) groups is 1. The van der Waals surface area contributed by atoms with E-state index in [1.807, 2.05) is 24.3 Å². The maximum absolute atomic E-state index is 11.6. The molecule has 0 spiro atoms. The Kier molecular flexibility index (Phi) is 2.64. The van der Waals surface area contributed by atoms with E-state index in [-0.39, 0.29) is 0 Å². The number of rotatable bonds is 1. The molecule has 0 radical (unpaired) electrons. The Morgan fingerprint density at radius 3 is 2.53 bits per heavy atom. The third kappa shape index (κ3) is 1.82. The molecule has 3 aromatic rings. The van der Waals surface area contributed by atoms with Crippen molar-refractivity contribution < 1.29 is 14.3 Å². The van der Waals surface area contributed by atoms with E-state index in [0.29, 0.717) is 11.0 Å². The summed E-state index contributed by atoms with van der Waals surface area (Å²) in [5.74, 6) is -1.54. The molecule has 1 heterocycles. The highest BCUT2D eigenvalue weighted by Crippen LogP contribution is 2.31. The average Bonchev–Trinajstić information content (AvgIpc) is 2.39. The van der Waals surface area contributed by atoms with Crippen molar-refractivity contribution in [2.24, 2.45) is 0 Å². The zero-order chi connectivity index (χ0) is 13.6. The van der Waals surface area contributed by atoms with Crippen LogP contribution in [0, 0.1) is 0 Å². The molecule has 0 amide bonds. The van der Waals surface area contributed by atoms with Crippen LogP contribution in [0.25, 0.3) is 21.7 Å². The number of hydrogen-bond acceptors (Lipinski definition) is 4. The fourth-order valence-corrected chi connectivity index (χ4v) is 2.64. The summed E-state index contributed by atoms with van der Waals surface area (Å²) in [5.41, 5.74) is -1.01. The van der Waals surface area contributed by atoms with E-state index >= 15 is 0 Å². The molecule has 4 nitrogen and oxygen atoms in total. The lowest BCUT2D eigenvalue weighted by atomic mass is 10.1. The topological polar surface area (TPSA) is 70.3 Å². The molecule has 0 bridgehead atoms. The van der Waals surface area contributed by atoms with Crippen LogP contribution in [-0.4, -0.2) is 5.97 Å². The van der Waals surface area contributed by atoms with Crippen LogP contribution in [0.4, 0.5) is 0 Å². The summed E-state index contributed by atoms with van der Waals surface area (Å²) < 4.78 is 5.92. The van der Waals surface area contributed by atoms with Gasteiger partial charge in [-0.3, -0.25) is 0 Å². The third-order valence-corrected chi connectivity index (χ3v) is 3.56. The second kappa shape index (κ2) is 4.20. The first kappa shape index (κ1) is 11.9. The molecule has 19 heavy (non-hydrogen) atoms. The number of halogens is 1. The van der Waals surface area contributed by atoms with Crippen LogP contribution in [-0.2, 0) is 0 Å². The number of carboxylic acid groups (broad SMARTS) is 1. The highest BCUT2D eigenvalue weighted by atomic mass is 79.9. The van der Waals surface area contributed by atoms with Crippen molar-refractivity contribution in [3.05, 3.63) is 56.9 Å². The highest BCUT2D eigenvalue weighted by molar-refractivity contribution is 9.10. The van der Waals surface area contributed by atoms with Gasteiger partial charge >= 0.3 is 5.63 Å². The normalized spacial score (nSPS) is 11.0. The Hall–Kier alpha value is -2.14. The lowest BCUT2D eigenvalue weighted by molar-refractivity contribution is -0.255. The monoisotopic (exact) mass is 317 g/mol. The first-order valence-electron chi connectivity index (χ1n) is 5.44. The standard InChI is InChI=1S/C14H7BrO4/c15-11-6-7-5-10(13(16)17)14(18)19-12(7)9-4-2-1-3-8(9)11/h1-6H,(H,16,17)/p-1. The van der Waals surface area contributed by atoms with Crippen LogP contribution < -0.4 is 10.7 Å². The molecule has 0 N–H and O–H groups in total.